The highest BCUT2D eigenvalue weighted by Gasteiger charge is 2.17. The van der Waals surface area contributed by atoms with Gasteiger partial charge in [-0.3, -0.25) is 9.59 Å². The number of allylic oxidation sites excluding steroid dienone is 8. The van der Waals surface area contributed by atoms with Crippen molar-refractivity contribution in [2.75, 3.05) is 19.8 Å². The van der Waals surface area contributed by atoms with Crippen LogP contribution in [0.4, 0.5) is 0 Å². The van der Waals surface area contributed by atoms with Crippen LogP contribution in [0.2, 0.25) is 0 Å². The van der Waals surface area contributed by atoms with E-state index in [0.717, 1.165) is 83.5 Å². The van der Waals surface area contributed by atoms with Gasteiger partial charge in [-0.05, 0) is 70.6 Å². The largest absolute Gasteiger partial charge is 0.462 e. The highest BCUT2D eigenvalue weighted by atomic mass is 16.6. The molecule has 1 unspecified atom stereocenters. The average molecular weight is 701 g/mol. The Morgan fingerprint density at radius 2 is 0.920 bits per heavy atom. The molecule has 290 valence electrons. The molecule has 0 aromatic rings. The van der Waals surface area contributed by atoms with E-state index in [9.17, 15) is 9.59 Å². The summed E-state index contributed by atoms with van der Waals surface area (Å²) in [5, 5.41) is 0. The molecule has 0 N–H and O–H groups in total. The van der Waals surface area contributed by atoms with E-state index >= 15 is 0 Å². The van der Waals surface area contributed by atoms with Crippen LogP contribution in [0.1, 0.15) is 201 Å². The molecule has 0 aliphatic heterocycles. The Morgan fingerprint density at radius 3 is 1.52 bits per heavy atom. The van der Waals surface area contributed by atoms with E-state index in [1.807, 2.05) is 0 Å². The number of carbonyl (C=O) groups excluding carboxylic acids is 2. The maximum absolute atomic E-state index is 12.6. The Labute approximate surface area is 310 Å². The molecule has 0 fully saturated rings. The molecular formula is C45H80O5. The summed E-state index contributed by atoms with van der Waals surface area (Å²) in [6, 6.07) is 0. The van der Waals surface area contributed by atoms with Crippen LogP contribution in [0.3, 0.4) is 0 Å². The van der Waals surface area contributed by atoms with Gasteiger partial charge in [0.15, 0.2) is 6.10 Å². The summed E-state index contributed by atoms with van der Waals surface area (Å²) in [6.45, 7) is 7.62. The van der Waals surface area contributed by atoms with Gasteiger partial charge in [0, 0.05) is 19.4 Å². The third-order valence-corrected chi connectivity index (χ3v) is 8.85. The van der Waals surface area contributed by atoms with Crippen LogP contribution in [0, 0.1) is 0 Å². The standard InChI is InChI=1S/C45H80O5/c1-4-7-10-13-16-18-20-21-22-23-24-25-27-28-30-32-35-38-44(46)49-42-43(41-48-40-37-34-15-12-9-6-3)50-45(47)39-36-33-31-29-26-19-17-14-11-8-5-2/h7,10,14,16-18,21-22,43H,4-6,8-9,11-13,15,19-20,23-42H2,1-3H3/b10-7-,17-14-,18-16-,22-21-. The van der Waals surface area contributed by atoms with Crippen LogP contribution in [0.25, 0.3) is 0 Å². The molecule has 0 aliphatic rings. The topological polar surface area (TPSA) is 61.8 Å². The Morgan fingerprint density at radius 1 is 0.460 bits per heavy atom. The summed E-state index contributed by atoms with van der Waals surface area (Å²) in [6.07, 6.45) is 48.3. The van der Waals surface area contributed by atoms with Crippen molar-refractivity contribution in [3.63, 3.8) is 0 Å². The predicted octanol–water partition coefficient (Wildman–Crippen LogP) is 13.7. The van der Waals surface area contributed by atoms with Gasteiger partial charge in [-0.25, -0.2) is 0 Å². The zero-order valence-corrected chi connectivity index (χ0v) is 33.2. The molecule has 0 saturated heterocycles. The first-order chi connectivity index (χ1) is 24.6. The van der Waals surface area contributed by atoms with Crippen LogP contribution in [0.5, 0.6) is 0 Å². The van der Waals surface area contributed by atoms with Crippen molar-refractivity contribution in [1.29, 1.82) is 0 Å². The van der Waals surface area contributed by atoms with E-state index in [1.54, 1.807) is 0 Å². The van der Waals surface area contributed by atoms with E-state index in [4.69, 9.17) is 14.2 Å². The second-order valence-electron chi connectivity index (χ2n) is 13.9. The first kappa shape index (κ1) is 47.9. The van der Waals surface area contributed by atoms with Gasteiger partial charge in [0.25, 0.3) is 0 Å². The van der Waals surface area contributed by atoms with Crippen LogP contribution < -0.4 is 0 Å². The summed E-state index contributed by atoms with van der Waals surface area (Å²) in [4.78, 5) is 25.1. The molecule has 0 radical (unpaired) electrons. The van der Waals surface area contributed by atoms with Gasteiger partial charge in [-0.2, -0.15) is 0 Å². The third-order valence-electron chi connectivity index (χ3n) is 8.85. The van der Waals surface area contributed by atoms with Crippen molar-refractivity contribution in [1.82, 2.24) is 0 Å². The van der Waals surface area contributed by atoms with E-state index in [0.29, 0.717) is 19.4 Å². The molecule has 0 amide bonds. The Balaban J connectivity index is 4.13. The molecule has 0 aromatic carbocycles. The number of carbonyl (C=O) groups is 2. The number of hydrogen-bond acceptors (Lipinski definition) is 5. The highest BCUT2D eigenvalue weighted by molar-refractivity contribution is 5.70. The molecule has 0 rings (SSSR count). The lowest BCUT2D eigenvalue weighted by atomic mass is 10.1. The number of rotatable bonds is 38. The summed E-state index contributed by atoms with van der Waals surface area (Å²) in [7, 11) is 0. The van der Waals surface area contributed by atoms with Crippen molar-refractivity contribution in [3.05, 3.63) is 48.6 Å². The molecular weight excluding hydrogens is 620 g/mol. The molecule has 0 aliphatic carbocycles. The lowest BCUT2D eigenvalue weighted by Gasteiger charge is -2.18. The van der Waals surface area contributed by atoms with E-state index in [1.165, 1.54) is 83.5 Å². The van der Waals surface area contributed by atoms with Crippen molar-refractivity contribution in [2.45, 2.75) is 207 Å². The van der Waals surface area contributed by atoms with Gasteiger partial charge in [-0.15, -0.1) is 0 Å². The Hall–Kier alpha value is -2.14. The lowest BCUT2D eigenvalue weighted by Crippen LogP contribution is -2.30. The first-order valence-corrected chi connectivity index (χ1v) is 21.2. The summed E-state index contributed by atoms with van der Waals surface area (Å²) < 4.78 is 17.1. The molecule has 50 heavy (non-hydrogen) atoms. The van der Waals surface area contributed by atoms with Crippen LogP contribution in [0.15, 0.2) is 48.6 Å². The Kier molecular flexibility index (Phi) is 39.5. The fourth-order valence-corrected chi connectivity index (χ4v) is 5.68. The second kappa shape index (κ2) is 41.3. The molecule has 5 nitrogen and oxygen atoms in total. The molecule has 1 atom stereocenters. The lowest BCUT2D eigenvalue weighted by molar-refractivity contribution is -0.163. The minimum atomic E-state index is -0.537. The van der Waals surface area contributed by atoms with Gasteiger partial charge < -0.3 is 14.2 Å². The van der Waals surface area contributed by atoms with Gasteiger partial charge in [0.1, 0.15) is 6.61 Å². The minimum Gasteiger partial charge on any atom is -0.462 e. The Bertz CT molecular complexity index is 842. The van der Waals surface area contributed by atoms with Crippen molar-refractivity contribution >= 4 is 11.9 Å². The third kappa shape index (κ3) is 38.7. The molecule has 0 spiro atoms. The molecule has 0 heterocycles. The maximum Gasteiger partial charge on any atom is 0.306 e. The fourth-order valence-electron chi connectivity index (χ4n) is 5.68. The molecule has 0 bridgehead atoms. The summed E-state index contributed by atoms with van der Waals surface area (Å²) >= 11 is 0. The monoisotopic (exact) mass is 701 g/mol. The summed E-state index contributed by atoms with van der Waals surface area (Å²) in [5.74, 6) is -0.423. The SMILES string of the molecule is CC/C=C\C/C=C\C/C=C\CCCCCCCCCC(=O)OCC(COCCCCCCCC)OC(=O)CCCCCCC/C=C\CCCC. The quantitative estimate of drug-likeness (QED) is 0.0364. The summed E-state index contributed by atoms with van der Waals surface area (Å²) in [5.41, 5.74) is 0. The van der Waals surface area contributed by atoms with Crippen molar-refractivity contribution in [3.8, 4) is 0 Å². The molecule has 0 aromatic heterocycles. The highest BCUT2D eigenvalue weighted by Crippen LogP contribution is 2.13. The van der Waals surface area contributed by atoms with E-state index in [2.05, 4.69) is 69.4 Å². The number of hydrogen-bond donors (Lipinski definition) is 0. The predicted molar refractivity (Wildman–Crippen MR) is 215 cm³/mol. The number of unbranched alkanes of at least 4 members (excludes halogenated alkanes) is 19. The number of esters is 2. The zero-order valence-electron chi connectivity index (χ0n) is 33.2. The van der Waals surface area contributed by atoms with Crippen molar-refractivity contribution in [2.24, 2.45) is 0 Å². The van der Waals surface area contributed by atoms with Gasteiger partial charge in [-0.1, -0.05) is 166 Å². The van der Waals surface area contributed by atoms with E-state index < -0.39 is 6.10 Å². The smallest absolute Gasteiger partial charge is 0.306 e. The number of ether oxygens (including phenoxy) is 3. The minimum absolute atomic E-state index is 0.0773. The van der Waals surface area contributed by atoms with Gasteiger partial charge in [0.2, 0.25) is 0 Å². The van der Waals surface area contributed by atoms with Crippen LogP contribution in [-0.4, -0.2) is 37.9 Å². The second-order valence-corrected chi connectivity index (χ2v) is 13.9. The molecule has 5 heteroatoms. The fraction of sp³-hybridized carbons (Fsp3) is 0.778. The maximum atomic E-state index is 12.6. The first-order valence-electron chi connectivity index (χ1n) is 21.2. The van der Waals surface area contributed by atoms with E-state index in [-0.39, 0.29) is 25.2 Å². The van der Waals surface area contributed by atoms with Gasteiger partial charge in [0.05, 0.1) is 6.61 Å². The normalized spacial score (nSPS) is 12.6. The average Bonchev–Trinajstić information content (AvgIpc) is 3.11. The van der Waals surface area contributed by atoms with Crippen LogP contribution in [-0.2, 0) is 23.8 Å². The van der Waals surface area contributed by atoms with Crippen LogP contribution >= 0.6 is 0 Å². The van der Waals surface area contributed by atoms with Gasteiger partial charge >= 0.3 is 11.9 Å². The zero-order chi connectivity index (χ0) is 36.4. The molecule has 0 saturated carbocycles. The van der Waals surface area contributed by atoms with Crippen molar-refractivity contribution < 1.29 is 23.8 Å².